The van der Waals surface area contributed by atoms with E-state index < -0.39 is 48.6 Å². The highest BCUT2D eigenvalue weighted by molar-refractivity contribution is 5.85. The molecular weight excluding hydrogens is 341 g/mol. The molecule has 3 N–H and O–H groups in total. The zero-order valence-corrected chi connectivity index (χ0v) is 10.6. The van der Waals surface area contributed by atoms with Crippen molar-refractivity contribution in [2.24, 2.45) is 0 Å². The van der Waals surface area contributed by atoms with Gasteiger partial charge in [-0.1, -0.05) is 0 Å². The molecule has 0 saturated carbocycles. The summed E-state index contributed by atoms with van der Waals surface area (Å²) in [6, 6.07) is 0. The summed E-state index contributed by atoms with van der Waals surface area (Å²) in [6.07, 6.45) is -7.04. The summed E-state index contributed by atoms with van der Waals surface area (Å²) in [5.41, 5.74) is -2.34. The lowest BCUT2D eigenvalue weighted by Gasteiger charge is -2.35. The molecule has 1 amide bonds. The summed E-state index contributed by atoms with van der Waals surface area (Å²) in [7, 11) is 0. The second kappa shape index (κ2) is 5.76. The maximum Gasteiger partial charge on any atom is 0.460 e. The quantitative estimate of drug-likeness (QED) is 0.632. The Labute approximate surface area is 116 Å². The van der Waals surface area contributed by atoms with Crippen molar-refractivity contribution in [3.8, 4) is 0 Å². The van der Waals surface area contributed by atoms with Crippen molar-refractivity contribution in [3.05, 3.63) is 0 Å². The minimum Gasteiger partial charge on any atom is -0.394 e. The molecule has 0 aromatic rings. The van der Waals surface area contributed by atoms with Crippen LogP contribution in [0.1, 0.15) is 6.92 Å². The third-order valence-corrected chi connectivity index (χ3v) is 2.54. The van der Waals surface area contributed by atoms with Gasteiger partial charge in [-0.25, -0.2) is 0 Å². The first kappa shape index (κ1) is 20.8. The van der Waals surface area contributed by atoms with Gasteiger partial charge in [-0.05, 0) is 6.92 Å². The first-order valence-electron chi connectivity index (χ1n) is 5.24. The summed E-state index contributed by atoms with van der Waals surface area (Å²) < 4.78 is 113. The van der Waals surface area contributed by atoms with Crippen molar-refractivity contribution in [2.75, 3.05) is 13.2 Å². The minimum atomic E-state index is -7.20. The molecule has 0 aliphatic rings. The van der Waals surface area contributed by atoms with Crippen LogP contribution in [-0.2, 0) is 4.79 Å². The highest BCUT2D eigenvalue weighted by Gasteiger charge is 2.83. The largest absolute Gasteiger partial charge is 0.460 e. The average Bonchev–Trinajstić information content (AvgIpc) is 2.36. The van der Waals surface area contributed by atoms with Crippen molar-refractivity contribution >= 4 is 5.91 Å². The van der Waals surface area contributed by atoms with Crippen LogP contribution in [0.3, 0.4) is 0 Å². The summed E-state index contributed by atoms with van der Waals surface area (Å²) in [4.78, 5) is 11.0. The van der Waals surface area contributed by atoms with Crippen molar-refractivity contribution in [1.82, 2.24) is 5.32 Å². The second-order valence-electron chi connectivity index (χ2n) is 4.55. The van der Waals surface area contributed by atoms with Gasteiger partial charge in [0.05, 0.1) is 18.8 Å². The Hall–Kier alpha value is -1.24. The van der Waals surface area contributed by atoms with Crippen LogP contribution in [-0.4, -0.2) is 58.8 Å². The molecule has 0 atom stereocenters. The van der Waals surface area contributed by atoms with E-state index in [9.17, 15) is 44.3 Å². The Morgan fingerprint density at radius 2 is 1.23 bits per heavy atom. The molecule has 0 radical (unpaired) electrons. The van der Waals surface area contributed by atoms with Gasteiger partial charge in [-0.15, -0.1) is 0 Å². The summed E-state index contributed by atoms with van der Waals surface area (Å²) in [5.74, 6) is -24.0. The number of halogens is 9. The van der Waals surface area contributed by atoms with E-state index in [2.05, 4.69) is 0 Å². The van der Waals surface area contributed by atoms with Crippen LogP contribution < -0.4 is 5.32 Å². The predicted molar refractivity (Wildman–Crippen MR) is 51.6 cm³/mol. The van der Waals surface area contributed by atoms with Crippen molar-refractivity contribution < 1.29 is 54.5 Å². The Bertz CT molecular complexity index is 417. The molecule has 132 valence electrons. The van der Waals surface area contributed by atoms with Crippen LogP contribution in [0.15, 0.2) is 0 Å². The Morgan fingerprint density at radius 3 is 1.50 bits per heavy atom. The maximum absolute atomic E-state index is 13.1. The van der Waals surface area contributed by atoms with Crippen LogP contribution in [0.2, 0.25) is 0 Å². The molecule has 22 heavy (non-hydrogen) atoms. The van der Waals surface area contributed by atoms with E-state index in [1.807, 2.05) is 0 Å². The molecule has 13 heteroatoms. The number of hydrogen-bond donors (Lipinski definition) is 3. The molecule has 0 aromatic heterocycles. The highest BCUT2D eigenvalue weighted by Crippen LogP contribution is 2.53. The summed E-state index contributed by atoms with van der Waals surface area (Å²) >= 11 is 0. The maximum atomic E-state index is 13.1. The fourth-order valence-electron chi connectivity index (χ4n) is 0.999. The molecule has 0 fully saturated rings. The molecule has 0 aliphatic carbocycles. The predicted octanol–water partition coefficient (Wildman–Crippen LogP) is 1.31. The first-order valence-corrected chi connectivity index (χ1v) is 5.24. The van der Waals surface area contributed by atoms with E-state index in [-0.39, 0.29) is 0 Å². The van der Waals surface area contributed by atoms with Gasteiger partial charge in [0.2, 0.25) is 0 Å². The normalized spacial score (nSPS) is 14.9. The molecule has 0 rings (SSSR count). The SMILES string of the molecule is CC(CO)(CO)NC(=O)C(F)(F)C(F)(F)C(F)(F)C(F)(F)F. The van der Waals surface area contributed by atoms with Crippen LogP contribution in [0.25, 0.3) is 0 Å². The van der Waals surface area contributed by atoms with Crippen LogP contribution in [0, 0.1) is 0 Å². The van der Waals surface area contributed by atoms with Gasteiger partial charge >= 0.3 is 23.9 Å². The van der Waals surface area contributed by atoms with Gasteiger partial charge in [0, 0.05) is 0 Å². The second-order valence-corrected chi connectivity index (χ2v) is 4.55. The smallest absolute Gasteiger partial charge is 0.394 e. The Morgan fingerprint density at radius 1 is 0.864 bits per heavy atom. The molecule has 0 bridgehead atoms. The molecule has 0 aliphatic heterocycles. The number of alkyl halides is 9. The zero-order chi connectivity index (χ0) is 18.2. The van der Waals surface area contributed by atoms with E-state index >= 15 is 0 Å². The van der Waals surface area contributed by atoms with Crippen LogP contribution in [0.4, 0.5) is 39.5 Å². The van der Waals surface area contributed by atoms with Gasteiger partial charge in [0.25, 0.3) is 5.91 Å². The molecule has 0 aromatic carbocycles. The molecule has 0 heterocycles. The standard InChI is InChI=1S/C9H10F9NO3/c1-5(2-20,3-21)19-4(22)6(10,11)7(12,13)8(14,15)9(16,17)18/h20-21H,2-3H2,1H3,(H,19,22). The van der Waals surface area contributed by atoms with Gasteiger partial charge in [0.15, 0.2) is 0 Å². The molecule has 0 saturated heterocycles. The Balaban J connectivity index is 5.68. The Kier molecular flexibility index (Phi) is 5.43. The average molecular weight is 351 g/mol. The van der Waals surface area contributed by atoms with E-state index in [1.165, 1.54) is 0 Å². The fourth-order valence-corrected chi connectivity index (χ4v) is 0.999. The third-order valence-electron chi connectivity index (χ3n) is 2.54. The van der Waals surface area contributed by atoms with E-state index in [4.69, 9.17) is 10.2 Å². The number of hydrogen-bond acceptors (Lipinski definition) is 3. The monoisotopic (exact) mass is 351 g/mol. The lowest BCUT2D eigenvalue weighted by molar-refractivity contribution is -0.388. The number of carbonyl (C=O) groups is 1. The molecule has 4 nitrogen and oxygen atoms in total. The number of aliphatic hydroxyl groups excluding tert-OH is 2. The molecule has 0 spiro atoms. The number of rotatable bonds is 6. The van der Waals surface area contributed by atoms with Crippen molar-refractivity contribution in [2.45, 2.75) is 36.4 Å². The minimum absolute atomic E-state index is 0.654. The van der Waals surface area contributed by atoms with Crippen LogP contribution in [0.5, 0.6) is 0 Å². The lowest BCUT2D eigenvalue weighted by Crippen LogP contribution is -2.67. The first-order chi connectivity index (χ1) is 9.50. The topological polar surface area (TPSA) is 69.6 Å². The van der Waals surface area contributed by atoms with Gasteiger partial charge in [0.1, 0.15) is 0 Å². The van der Waals surface area contributed by atoms with Gasteiger partial charge < -0.3 is 15.5 Å². The van der Waals surface area contributed by atoms with Crippen molar-refractivity contribution in [3.63, 3.8) is 0 Å². The van der Waals surface area contributed by atoms with Gasteiger partial charge in [-0.3, -0.25) is 4.79 Å². The fraction of sp³-hybridized carbons (Fsp3) is 0.889. The van der Waals surface area contributed by atoms with E-state index in [0.717, 1.165) is 5.32 Å². The number of amides is 1. The zero-order valence-electron chi connectivity index (χ0n) is 10.6. The van der Waals surface area contributed by atoms with E-state index in [1.54, 1.807) is 0 Å². The van der Waals surface area contributed by atoms with Crippen molar-refractivity contribution in [1.29, 1.82) is 0 Å². The van der Waals surface area contributed by atoms with E-state index in [0.29, 0.717) is 6.92 Å². The third kappa shape index (κ3) is 3.24. The lowest BCUT2D eigenvalue weighted by atomic mass is 10.00. The number of nitrogens with one attached hydrogen (secondary N) is 1. The number of aliphatic hydroxyl groups is 2. The molecule has 0 unspecified atom stereocenters. The highest BCUT2D eigenvalue weighted by atomic mass is 19.4. The number of carbonyl (C=O) groups excluding carboxylic acids is 1. The van der Waals surface area contributed by atoms with Crippen LogP contribution >= 0.6 is 0 Å². The van der Waals surface area contributed by atoms with Gasteiger partial charge in [-0.2, -0.15) is 39.5 Å². The summed E-state index contributed by atoms with van der Waals surface area (Å²) in [6.45, 7) is -1.92. The molecular formula is C9H10F9NO3. The summed E-state index contributed by atoms with van der Waals surface area (Å²) in [5, 5.41) is 18.2.